The average Bonchev–Trinajstić information content (AvgIpc) is 2.79. The van der Waals surface area contributed by atoms with E-state index in [-0.39, 0.29) is 11.9 Å². The monoisotopic (exact) mass is 254 g/mol. The van der Waals surface area contributed by atoms with E-state index < -0.39 is 0 Å². The summed E-state index contributed by atoms with van der Waals surface area (Å²) in [6.45, 7) is 6.60. The lowest BCUT2D eigenvalue weighted by atomic mass is 10.2. The smallest absolute Gasteiger partial charge is 0.234 e. The molecule has 0 aromatic carbocycles. The molecule has 0 aliphatic carbocycles. The number of carbonyl (C=O) groups is 1. The maximum Gasteiger partial charge on any atom is 0.234 e. The van der Waals surface area contributed by atoms with E-state index in [2.05, 4.69) is 42.0 Å². The zero-order chi connectivity index (χ0) is 12.7. The first-order valence-electron chi connectivity index (χ1n) is 6.17. The molecule has 0 aliphatic heterocycles. The largest absolute Gasteiger partial charge is 0.353 e. The molecule has 0 saturated heterocycles. The van der Waals surface area contributed by atoms with Crippen molar-refractivity contribution in [2.75, 3.05) is 6.54 Å². The standard InChI is InChI=1S/C13H22N2OS/c1-4-10(2)15-13(16)9-14-11(3)8-12-6-5-7-17-12/h5-7,10-11,14H,4,8-9H2,1-3H3,(H,15,16). The van der Waals surface area contributed by atoms with Crippen LogP contribution in [0.3, 0.4) is 0 Å². The van der Waals surface area contributed by atoms with Crippen molar-refractivity contribution in [3.63, 3.8) is 0 Å². The molecule has 3 nitrogen and oxygen atoms in total. The zero-order valence-corrected chi connectivity index (χ0v) is 11.6. The first-order chi connectivity index (χ1) is 8.11. The van der Waals surface area contributed by atoms with Gasteiger partial charge < -0.3 is 10.6 Å². The van der Waals surface area contributed by atoms with Crippen LogP contribution in [0.5, 0.6) is 0 Å². The zero-order valence-electron chi connectivity index (χ0n) is 10.8. The molecule has 1 aromatic rings. The van der Waals surface area contributed by atoms with Crippen LogP contribution in [-0.2, 0) is 11.2 Å². The molecule has 0 saturated carbocycles. The molecule has 0 spiro atoms. The van der Waals surface area contributed by atoms with Crippen LogP contribution in [0.1, 0.15) is 32.1 Å². The lowest BCUT2D eigenvalue weighted by Gasteiger charge is -2.15. The van der Waals surface area contributed by atoms with Gasteiger partial charge in [0, 0.05) is 17.0 Å². The summed E-state index contributed by atoms with van der Waals surface area (Å²) in [6, 6.07) is 4.78. The Labute approximate surface area is 108 Å². The second-order valence-corrected chi connectivity index (χ2v) is 5.47. The Morgan fingerprint density at radius 1 is 1.41 bits per heavy atom. The molecule has 2 N–H and O–H groups in total. The topological polar surface area (TPSA) is 41.1 Å². The number of carbonyl (C=O) groups excluding carboxylic acids is 1. The highest BCUT2D eigenvalue weighted by Crippen LogP contribution is 2.10. The molecule has 1 rings (SSSR count). The summed E-state index contributed by atoms with van der Waals surface area (Å²) >= 11 is 1.76. The Balaban J connectivity index is 2.19. The Bertz CT molecular complexity index is 324. The lowest BCUT2D eigenvalue weighted by molar-refractivity contribution is -0.120. The predicted molar refractivity (Wildman–Crippen MR) is 73.4 cm³/mol. The second kappa shape index (κ2) is 7.45. The Morgan fingerprint density at radius 2 is 2.18 bits per heavy atom. The SMILES string of the molecule is CCC(C)NC(=O)CNC(C)Cc1cccs1. The van der Waals surface area contributed by atoms with Crippen LogP contribution in [0.15, 0.2) is 17.5 Å². The van der Waals surface area contributed by atoms with Crippen LogP contribution in [0.2, 0.25) is 0 Å². The number of rotatable bonds is 7. The number of hydrogen-bond acceptors (Lipinski definition) is 3. The molecule has 0 bridgehead atoms. The van der Waals surface area contributed by atoms with Gasteiger partial charge in [0.2, 0.25) is 5.91 Å². The summed E-state index contributed by atoms with van der Waals surface area (Å²) < 4.78 is 0. The van der Waals surface area contributed by atoms with Crippen LogP contribution in [0.4, 0.5) is 0 Å². The fraction of sp³-hybridized carbons (Fsp3) is 0.615. The van der Waals surface area contributed by atoms with Crippen LogP contribution in [0, 0.1) is 0 Å². The average molecular weight is 254 g/mol. The van der Waals surface area contributed by atoms with E-state index in [1.54, 1.807) is 11.3 Å². The second-order valence-electron chi connectivity index (χ2n) is 4.44. The van der Waals surface area contributed by atoms with Gasteiger partial charge in [0.1, 0.15) is 0 Å². The van der Waals surface area contributed by atoms with E-state index >= 15 is 0 Å². The first-order valence-corrected chi connectivity index (χ1v) is 7.05. The molecule has 0 fully saturated rings. The van der Waals surface area contributed by atoms with Crippen molar-refractivity contribution >= 4 is 17.2 Å². The normalized spacial score (nSPS) is 14.3. The van der Waals surface area contributed by atoms with E-state index in [9.17, 15) is 4.79 Å². The highest BCUT2D eigenvalue weighted by molar-refractivity contribution is 7.09. The predicted octanol–water partition coefficient (Wildman–Crippen LogP) is 2.18. The molecule has 1 heterocycles. The van der Waals surface area contributed by atoms with Gasteiger partial charge in [-0.05, 0) is 38.1 Å². The third kappa shape index (κ3) is 5.84. The lowest BCUT2D eigenvalue weighted by Crippen LogP contribution is -2.41. The fourth-order valence-corrected chi connectivity index (χ4v) is 2.33. The number of nitrogens with one attached hydrogen (secondary N) is 2. The van der Waals surface area contributed by atoms with Crippen molar-refractivity contribution in [2.45, 2.75) is 45.7 Å². The van der Waals surface area contributed by atoms with Crippen LogP contribution < -0.4 is 10.6 Å². The molecule has 4 heteroatoms. The van der Waals surface area contributed by atoms with E-state index in [1.807, 2.05) is 6.92 Å². The molecule has 1 amide bonds. The summed E-state index contributed by atoms with van der Waals surface area (Å²) in [4.78, 5) is 12.9. The van der Waals surface area contributed by atoms with E-state index in [4.69, 9.17) is 0 Å². The van der Waals surface area contributed by atoms with Gasteiger partial charge in [0.05, 0.1) is 6.54 Å². The van der Waals surface area contributed by atoms with Gasteiger partial charge >= 0.3 is 0 Å². The molecule has 2 atom stereocenters. The molecular formula is C13H22N2OS. The van der Waals surface area contributed by atoms with Crippen LogP contribution in [0.25, 0.3) is 0 Å². The van der Waals surface area contributed by atoms with Crippen molar-refractivity contribution in [3.8, 4) is 0 Å². The molecule has 1 aromatic heterocycles. The van der Waals surface area contributed by atoms with Crippen molar-refractivity contribution in [1.29, 1.82) is 0 Å². The van der Waals surface area contributed by atoms with Gasteiger partial charge in [-0.25, -0.2) is 0 Å². The molecular weight excluding hydrogens is 232 g/mol. The Morgan fingerprint density at radius 3 is 2.76 bits per heavy atom. The van der Waals surface area contributed by atoms with Gasteiger partial charge in [-0.2, -0.15) is 0 Å². The summed E-state index contributed by atoms with van der Waals surface area (Å²) in [5, 5.41) is 8.27. The molecule has 2 unspecified atom stereocenters. The van der Waals surface area contributed by atoms with E-state index in [1.165, 1.54) is 4.88 Å². The van der Waals surface area contributed by atoms with E-state index in [0.717, 1.165) is 12.8 Å². The van der Waals surface area contributed by atoms with E-state index in [0.29, 0.717) is 12.6 Å². The van der Waals surface area contributed by atoms with Crippen molar-refractivity contribution in [1.82, 2.24) is 10.6 Å². The minimum absolute atomic E-state index is 0.0809. The van der Waals surface area contributed by atoms with Gasteiger partial charge in [-0.1, -0.05) is 13.0 Å². The number of thiophene rings is 1. The maximum absolute atomic E-state index is 11.5. The first kappa shape index (κ1) is 14.2. The number of hydrogen-bond donors (Lipinski definition) is 2. The summed E-state index contributed by atoms with van der Waals surface area (Å²) in [7, 11) is 0. The minimum atomic E-state index is 0.0809. The number of amides is 1. The van der Waals surface area contributed by atoms with Gasteiger partial charge in [0.25, 0.3) is 0 Å². The molecule has 0 radical (unpaired) electrons. The third-order valence-corrected chi connectivity index (χ3v) is 3.62. The Kier molecular flexibility index (Phi) is 6.22. The Hall–Kier alpha value is -0.870. The van der Waals surface area contributed by atoms with Crippen molar-refractivity contribution in [3.05, 3.63) is 22.4 Å². The van der Waals surface area contributed by atoms with Crippen molar-refractivity contribution in [2.24, 2.45) is 0 Å². The van der Waals surface area contributed by atoms with Gasteiger partial charge in [-0.3, -0.25) is 4.79 Å². The third-order valence-electron chi connectivity index (χ3n) is 2.72. The fourth-order valence-electron chi connectivity index (χ4n) is 1.50. The summed E-state index contributed by atoms with van der Waals surface area (Å²) in [6.07, 6.45) is 1.95. The molecule has 0 aliphatic rings. The quantitative estimate of drug-likeness (QED) is 0.783. The highest BCUT2D eigenvalue weighted by Gasteiger charge is 2.08. The molecule has 96 valence electrons. The molecule has 17 heavy (non-hydrogen) atoms. The highest BCUT2D eigenvalue weighted by atomic mass is 32.1. The summed E-state index contributed by atoms with van der Waals surface area (Å²) in [5.41, 5.74) is 0. The van der Waals surface area contributed by atoms with Crippen LogP contribution in [-0.4, -0.2) is 24.5 Å². The maximum atomic E-state index is 11.5. The summed E-state index contributed by atoms with van der Waals surface area (Å²) in [5.74, 6) is 0.0809. The van der Waals surface area contributed by atoms with Gasteiger partial charge in [-0.15, -0.1) is 11.3 Å². The van der Waals surface area contributed by atoms with Crippen LogP contribution >= 0.6 is 11.3 Å². The van der Waals surface area contributed by atoms with Crippen molar-refractivity contribution < 1.29 is 4.79 Å². The minimum Gasteiger partial charge on any atom is -0.353 e. The van der Waals surface area contributed by atoms with Gasteiger partial charge in [0.15, 0.2) is 0 Å².